The molecule has 1 atom stereocenters. The zero-order valence-electron chi connectivity index (χ0n) is 9.73. The van der Waals surface area contributed by atoms with E-state index < -0.39 is 0 Å². The van der Waals surface area contributed by atoms with Crippen LogP contribution >= 0.6 is 0 Å². The van der Waals surface area contributed by atoms with Gasteiger partial charge in [0.15, 0.2) is 0 Å². The number of aromatic nitrogens is 2. The maximum atomic E-state index is 5.61. The average Bonchev–Trinajstić information content (AvgIpc) is 2.89. The van der Waals surface area contributed by atoms with Crippen LogP contribution < -0.4 is 11.3 Å². The Hall–Kier alpha value is -1.33. The number of ether oxygens (including phenoxy) is 1. The summed E-state index contributed by atoms with van der Waals surface area (Å²) in [6.07, 6.45) is 3.03. The number of rotatable bonds is 4. The Morgan fingerprint density at radius 2 is 2.50 bits per heavy atom. The van der Waals surface area contributed by atoms with Crippen molar-refractivity contribution in [3.05, 3.63) is 29.3 Å². The molecule has 0 fully saturated rings. The summed E-state index contributed by atoms with van der Waals surface area (Å²) >= 11 is 0. The smallest absolute Gasteiger partial charge is 0.120 e. The van der Waals surface area contributed by atoms with Gasteiger partial charge in [-0.1, -0.05) is 0 Å². The Labute approximate surface area is 95.2 Å². The van der Waals surface area contributed by atoms with E-state index in [2.05, 4.69) is 23.5 Å². The maximum absolute atomic E-state index is 5.61. The fraction of sp³-hybridized carbons (Fsp3) is 0.545. The van der Waals surface area contributed by atoms with Crippen molar-refractivity contribution in [3.8, 4) is 0 Å². The molecule has 1 unspecified atom stereocenters. The molecule has 1 aromatic rings. The number of hydrogen-bond donors (Lipinski definition) is 2. The maximum Gasteiger partial charge on any atom is 0.120 e. The van der Waals surface area contributed by atoms with Gasteiger partial charge in [-0.15, -0.1) is 0 Å². The molecule has 0 radical (unpaired) electrons. The highest BCUT2D eigenvalue weighted by Gasteiger charge is 2.23. The number of hydrazine groups is 1. The molecule has 0 saturated heterocycles. The predicted molar refractivity (Wildman–Crippen MR) is 61.4 cm³/mol. The van der Waals surface area contributed by atoms with E-state index in [9.17, 15) is 0 Å². The molecule has 88 valence electrons. The van der Waals surface area contributed by atoms with Gasteiger partial charge in [-0.2, -0.15) is 5.10 Å². The Morgan fingerprint density at radius 1 is 1.69 bits per heavy atom. The van der Waals surface area contributed by atoms with Gasteiger partial charge in [0.2, 0.25) is 0 Å². The van der Waals surface area contributed by atoms with Crippen molar-refractivity contribution in [3.63, 3.8) is 0 Å². The van der Waals surface area contributed by atoms with E-state index in [0.717, 1.165) is 36.7 Å². The number of hydrogen-bond acceptors (Lipinski definition) is 4. The SMILES string of the molecule is CCn1nc(C)cc1C(NN)C1=CCCO1. The zero-order valence-corrected chi connectivity index (χ0v) is 9.73. The van der Waals surface area contributed by atoms with E-state index >= 15 is 0 Å². The fourth-order valence-corrected chi connectivity index (χ4v) is 2.00. The summed E-state index contributed by atoms with van der Waals surface area (Å²) in [4.78, 5) is 0. The topological polar surface area (TPSA) is 65.1 Å². The molecule has 16 heavy (non-hydrogen) atoms. The van der Waals surface area contributed by atoms with E-state index in [0.29, 0.717) is 0 Å². The van der Waals surface area contributed by atoms with Gasteiger partial charge < -0.3 is 4.74 Å². The quantitative estimate of drug-likeness (QED) is 0.589. The Bertz CT molecular complexity index is 397. The summed E-state index contributed by atoms with van der Waals surface area (Å²) in [5, 5.41) is 4.41. The average molecular weight is 222 g/mol. The van der Waals surface area contributed by atoms with Crippen LogP contribution in [0.1, 0.15) is 30.8 Å². The largest absolute Gasteiger partial charge is 0.496 e. The highest BCUT2D eigenvalue weighted by Crippen LogP contribution is 2.26. The van der Waals surface area contributed by atoms with Crippen LogP contribution in [0.3, 0.4) is 0 Å². The molecule has 0 bridgehead atoms. The third kappa shape index (κ3) is 1.96. The first-order valence-electron chi connectivity index (χ1n) is 5.59. The van der Waals surface area contributed by atoms with Gasteiger partial charge >= 0.3 is 0 Å². The van der Waals surface area contributed by atoms with Crippen LogP contribution in [0.4, 0.5) is 0 Å². The molecule has 0 spiro atoms. The lowest BCUT2D eigenvalue weighted by Crippen LogP contribution is -2.31. The minimum Gasteiger partial charge on any atom is -0.496 e. The second-order valence-corrected chi connectivity index (χ2v) is 3.87. The van der Waals surface area contributed by atoms with Crippen LogP contribution in [0.25, 0.3) is 0 Å². The molecule has 2 heterocycles. The van der Waals surface area contributed by atoms with Gasteiger partial charge in [-0.25, -0.2) is 5.43 Å². The number of nitrogens with one attached hydrogen (secondary N) is 1. The summed E-state index contributed by atoms with van der Waals surface area (Å²) in [5.41, 5.74) is 4.84. The summed E-state index contributed by atoms with van der Waals surface area (Å²) in [5.74, 6) is 6.51. The van der Waals surface area contributed by atoms with Crippen LogP contribution in [0.15, 0.2) is 17.9 Å². The Morgan fingerprint density at radius 3 is 3.06 bits per heavy atom. The fourth-order valence-electron chi connectivity index (χ4n) is 2.00. The lowest BCUT2D eigenvalue weighted by Gasteiger charge is -2.18. The molecule has 0 amide bonds. The van der Waals surface area contributed by atoms with Crippen LogP contribution in [-0.2, 0) is 11.3 Å². The normalized spacial score (nSPS) is 17.1. The molecule has 3 N–H and O–H groups in total. The first-order chi connectivity index (χ1) is 7.76. The van der Waals surface area contributed by atoms with Crippen molar-refractivity contribution in [1.29, 1.82) is 0 Å². The van der Waals surface area contributed by atoms with Crippen molar-refractivity contribution in [1.82, 2.24) is 15.2 Å². The monoisotopic (exact) mass is 222 g/mol. The third-order valence-electron chi connectivity index (χ3n) is 2.71. The zero-order chi connectivity index (χ0) is 11.5. The molecule has 5 nitrogen and oxygen atoms in total. The van der Waals surface area contributed by atoms with Gasteiger partial charge in [0.25, 0.3) is 0 Å². The summed E-state index contributed by atoms with van der Waals surface area (Å²) < 4.78 is 7.49. The highest BCUT2D eigenvalue weighted by molar-refractivity contribution is 5.22. The number of nitrogens with zero attached hydrogens (tertiary/aromatic N) is 2. The summed E-state index contributed by atoms with van der Waals surface area (Å²) in [7, 11) is 0. The first-order valence-corrected chi connectivity index (χ1v) is 5.59. The molecule has 2 rings (SSSR count). The lowest BCUT2D eigenvalue weighted by atomic mass is 10.1. The molecule has 5 heteroatoms. The summed E-state index contributed by atoms with van der Waals surface area (Å²) in [6.45, 7) is 5.61. The van der Waals surface area contributed by atoms with Gasteiger partial charge in [-0.3, -0.25) is 10.5 Å². The van der Waals surface area contributed by atoms with Crippen molar-refractivity contribution >= 4 is 0 Å². The number of aryl methyl sites for hydroxylation is 2. The minimum absolute atomic E-state index is 0.0938. The predicted octanol–water partition coefficient (Wildman–Crippen LogP) is 1.02. The van der Waals surface area contributed by atoms with E-state index in [-0.39, 0.29) is 6.04 Å². The Kier molecular flexibility index (Phi) is 3.26. The van der Waals surface area contributed by atoms with Crippen molar-refractivity contribution in [2.45, 2.75) is 32.9 Å². The first kappa shape index (κ1) is 11.2. The van der Waals surface area contributed by atoms with E-state index in [1.807, 2.05) is 17.7 Å². The second-order valence-electron chi connectivity index (χ2n) is 3.87. The van der Waals surface area contributed by atoms with Crippen LogP contribution in [0, 0.1) is 6.92 Å². The molecule has 1 aromatic heterocycles. The van der Waals surface area contributed by atoms with Crippen LogP contribution in [0.2, 0.25) is 0 Å². The molecule has 0 saturated carbocycles. The molecule has 0 aliphatic carbocycles. The van der Waals surface area contributed by atoms with E-state index in [1.54, 1.807) is 0 Å². The molecule has 1 aliphatic rings. The van der Waals surface area contributed by atoms with Crippen molar-refractivity contribution in [2.24, 2.45) is 5.84 Å². The van der Waals surface area contributed by atoms with Gasteiger partial charge in [0.05, 0.1) is 18.0 Å². The molecule has 1 aliphatic heterocycles. The van der Waals surface area contributed by atoms with Crippen molar-refractivity contribution < 1.29 is 4.74 Å². The van der Waals surface area contributed by atoms with Gasteiger partial charge in [-0.05, 0) is 26.0 Å². The Balaban J connectivity index is 2.31. The lowest BCUT2D eigenvalue weighted by molar-refractivity contribution is 0.213. The van der Waals surface area contributed by atoms with Gasteiger partial charge in [0.1, 0.15) is 11.8 Å². The third-order valence-corrected chi connectivity index (χ3v) is 2.71. The molecule has 0 aromatic carbocycles. The van der Waals surface area contributed by atoms with Crippen molar-refractivity contribution in [2.75, 3.05) is 6.61 Å². The molecular weight excluding hydrogens is 204 g/mol. The van der Waals surface area contributed by atoms with E-state index in [1.165, 1.54) is 0 Å². The van der Waals surface area contributed by atoms with E-state index in [4.69, 9.17) is 10.6 Å². The number of nitrogens with two attached hydrogens (primary N) is 1. The summed E-state index contributed by atoms with van der Waals surface area (Å²) in [6, 6.07) is 1.94. The molecular formula is C11H18N4O. The second kappa shape index (κ2) is 4.67. The van der Waals surface area contributed by atoms with Crippen LogP contribution in [-0.4, -0.2) is 16.4 Å². The highest BCUT2D eigenvalue weighted by atomic mass is 16.5. The minimum atomic E-state index is -0.0938. The standard InChI is InChI=1S/C11H18N4O/c1-3-15-9(7-8(2)14-15)11(13-12)10-5-4-6-16-10/h5,7,11,13H,3-4,6,12H2,1-2H3. The van der Waals surface area contributed by atoms with Crippen LogP contribution in [0.5, 0.6) is 0 Å². The van der Waals surface area contributed by atoms with Gasteiger partial charge in [0, 0.05) is 13.0 Å².